The summed E-state index contributed by atoms with van der Waals surface area (Å²) < 4.78 is 0. The number of benzene rings is 1. The Hall–Kier alpha value is -2.08. The average molecular weight is 346 g/mol. The van der Waals surface area contributed by atoms with Crippen molar-refractivity contribution in [2.24, 2.45) is 5.73 Å². The maximum Gasteiger partial charge on any atom is 0.317 e. The van der Waals surface area contributed by atoms with Gasteiger partial charge in [0.1, 0.15) is 0 Å². The molecular formula is C19H30N4O2. The second-order valence-electron chi connectivity index (χ2n) is 6.56. The molecule has 138 valence electrons. The molecule has 0 saturated carbocycles. The summed E-state index contributed by atoms with van der Waals surface area (Å²) >= 11 is 0. The number of nitrogens with zero attached hydrogens (tertiary/aromatic N) is 1. The maximum atomic E-state index is 12.3. The fourth-order valence-corrected chi connectivity index (χ4v) is 3.06. The quantitative estimate of drug-likeness (QED) is 0.670. The summed E-state index contributed by atoms with van der Waals surface area (Å²) in [6, 6.07) is 8.12. The van der Waals surface area contributed by atoms with Crippen LogP contribution in [0.3, 0.4) is 0 Å². The van der Waals surface area contributed by atoms with Crippen molar-refractivity contribution in [1.29, 1.82) is 0 Å². The molecule has 1 aliphatic rings. The van der Waals surface area contributed by atoms with Crippen molar-refractivity contribution in [2.45, 2.75) is 51.6 Å². The molecule has 1 atom stereocenters. The van der Waals surface area contributed by atoms with E-state index in [4.69, 9.17) is 5.73 Å². The Labute approximate surface area is 150 Å². The lowest BCUT2D eigenvalue weighted by Gasteiger charge is -2.29. The molecular weight excluding hydrogens is 316 g/mol. The van der Waals surface area contributed by atoms with Crippen LogP contribution in [-0.4, -0.2) is 42.5 Å². The minimum Gasteiger partial charge on any atom is -0.352 e. The molecule has 2 rings (SSSR count). The number of carbonyl (C=O) groups is 2. The second-order valence-corrected chi connectivity index (χ2v) is 6.56. The van der Waals surface area contributed by atoms with Gasteiger partial charge in [-0.2, -0.15) is 0 Å². The third-order valence-corrected chi connectivity index (χ3v) is 4.60. The summed E-state index contributed by atoms with van der Waals surface area (Å²) in [6.45, 7) is 4.24. The van der Waals surface area contributed by atoms with E-state index >= 15 is 0 Å². The van der Waals surface area contributed by atoms with Crippen LogP contribution in [0.4, 0.5) is 4.79 Å². The largest absolute Gasteiger partial charge is 0.352 e. The van der Waals surface area contributed by atoms with Gasteiger partial charge in [-0.25, -0.2) is 4.79 Å². The fraction of sp³-hybridized carbons (Fsp3) is 0.579. The first-order valence-corrected chi connectivity index (χ1v) is 9.23. The second kappa shape index (κ2) is 10.0. The van der Waals surface area contributed by atoms with Crippen molar-refractivity contribution in [2.75, 3.05) is 19.6 Å². The van der Waals surface area contributed by atoms with Gasteiger partial charge in [-0.3, -0.25) is 4.79 Å². The molecule has 1 aromatic rings. The van der Waals surface area contributed by atoms with Gasteiger partial charge in [-0.1, -0.05) is 44.0 Å². The molecule has 0 radical (unpaired) electrons. The predicted molar refractivity (Wildman–Crippen MR) is 99.1 cm³/mol. The van der Waals surface area contributed by atoms with Gasteiger partial charge in [0, 0.05) is 38.6 Å². The van der Waals surface area contributed by atoms with Crippen LogP contribution in [0.15, 0.2) is 24.3 Å². The molecule has 1 aromatic carbocycles. The Morgan fingerprint density at radius 2 is 2.04 bits per heavy atom. The monoisotopic (exact) mass is 346 g/mol. The van der Waals surface area contributed by atoms with Gasteiger partial charge in [-0.05, 0) is 24.0 Å². The normalized spacial score (nSPS) is 14.6. The predicted octanol–water partition coefficient (Wildman–Crippen LogP) is 1.78. The van der Waals surface area contributed by atoms with Crippen LogP contribution in [0.2, 0.25) is 0 Å². The summed E-state index contributed by atoms with van der Waals surface area (Å²) in [7, 11) is 0. The first-order chi connectivity index (χ1) is 12.1. The van der Waals surface area contributed by atoms with E-state index in [-0.39, 0.29) is 24.4 Å². The molecule has 0 bridgehead atoms. The van der Waals surface area contributed by atoms with Crippen molar-refractivity contribution >= 4 is 11.9 Å². The summed E-state index contributed by atoms with van der Waals surface area (Å²) in [6.07, 6.45) is 4.19. The van der Waals surface area contributed by atoms with Crippen molar-refractivity contribution in [3.05, 3.63) is 35.4 Å². The lowest BCUT2D eigenvalue weighted by molar-refractivity contribution is -0.121. The van der Waals surface area contributed by atoms with Crippen LogP contribution in [0.5, 0.6) is 0 Å². The van der Waals surface area contributed by atoms with Crippen molar-refractivity contribution in [1.82, 2.24) is 15.5 Å². The zero-order chi connectivity index (χ0) is 18.1. The topological polar surface area (TPSA) is 87.5 Å². The highest BCUT2D eigenvalue weighted by atomic mass is 16.2. The van der Waals surface area contributed by atoms with Gasteiger partial charge < -0.3 is 21.3 Å². The average Bonchev–Trinajstić information content (AvgIpc) is 2.64. The molecule has 0 saturated heterocycles. The molecule has 1 unspecified atom stereocenters. The molecule has 6 nitrogen and oxygen atoms in total. The summed E-state index contributed by atoms with van der Waals surface area (Å²) in [4.78, 5) is 26.0. The van der Waals surface area contributed by atoms with Gasteiger partial charge in [0.05, 0.1) is 0 Å². The SMILES string of the molecule is CCCCC(CN)NC(=O)CCNC(=O)N1CCc2ccccc2C1. The third-order valence-electron chi connectivity index (χ3n) is 4.60. The minimum absolute atomic E-state index is 0.0294. The number of unbranched alkanes of at least 4 members (excludes halogenated alkanes) is 1. The van der Waals surface area contributed by atoms with E-state index in [1.807, 2.05) is 12.1 Å². The zero-order valence-corrected chi connectivity index (χ0v) is 15.1. The van der Waals surface area contributed by atoms with Gasteiger partial charge in [0.2, 0.25) is 5.91 Å². The molecule has 6 heteroatoms. The molecule has 3 amide bonds. The van der Waals surface area contributed by atoms with Crippen LogP contribution in [0.25, 0.3) is 0 Å². The number of hydrogen-bond acceptors (Lipinski definition) is 3. The van der Waals surface area contributed by atoms with Crippen molar-refractivity contribution in [3.63, 3.8) is 0 Å². The smallest absolute Gasteiger partial charge is 0.317 e. The van der Waals surface area contributed by atoms with Crippen LogP contribution < -0.4 is 16.4 Å². The van der Waals surface area contributed by atoms with Gasteiger partial charge in [0.15, 0.2) is 0 Å². The van der Waals surface area contributed by atoms with Crippen LogP contribution in [-0.2, 0) is 17.8 Å². The molecule has 0 spiro atoms. The molecule has 25 heavy (non-hydrogen) atoms. The minimum atomic E-state index is -0.108. The summed E-state index contributed by atoms with van der Waals surface area (Å²) in [5.74, 6) is -0.0594. The molecule has 1 heterocycles. The number of urea groups is 1. The van der Waals surface area contributed by atoms with E-state index in [2.05, 4.69) is 29.7 Å². The molecule has 4 N–H and O–H groups in total. The highest BCUT2D eigenvalue weighted by Crippen LogP contribution is 2.18. The zero-order valence-electron chi connectivity index (χ0n) is 15.1. The van der Waals surface area contributed by atoms with E-state index in [1.165, 1.54) is 11.1 Å². The van der Waals surface area contributed by atoms with Crippen LogP contribution in [0.1, 0.15) is 43.7 Å². The van der Waals surface area contributed by atoms with E-state index in [0.717, 1.165) is 25.7 Å². The number of fused-ring (bicyclic) bond motifs is 1. The number of nitrogens with one attached hydrogen (secondary N) is 2. The van der Waals surface area contributed by atoms with E-state index in [0.29, 0.717) is 26.2 Å². The van der Waals surface area contributed by atoms with Crippen molar-refractivity contribution in [3.8, 4) is 0 Å². The Bertz CT molecular complexity index is 576. The van der Waals surface area contributed by atoms with E-state index in [1.54, 1.807) is 4.90 Å². The molecule has 0 fully saturated rings. The number of nitrogens with two attached hydrogens (primary N) is 1. The number of rotatable bonds is 8. The standard InChI is InChI=1S/C19H30N4O2/c1-2-3-8-17(13-20)22-18(24)9-11-21-19(25)23-12-10-15-6-4-5-7-16(15)14-23/h4-7,17H,2-3,8-14,20H2,1H3,(H,21,25)(H,22,24). The van der Waals surface area contributed by atoms with E-state index < -0.39 is 0 Å². The van der Waals surface area contributed by atoms with Gasteiger partial charge in [-0.15, -0.1) is 0 Å². The Morgan fingerprint density at radius 1 is 1.28 bits per heavy atom. The van der Waals surface area contributed by atoms with Crippen molar-refractivity contribution < 1.29 is 9.59 Å². The van der Waals surface area contributed by atoms with Gasteiger partial charge in [0.25, 0.3) is 0 Å². The van der Waals surface area contributed by atoms with E-state index in [9.17, 15) is 9.59 Å². The summed E-state index contributed by atoms with van der Waals surface area (Å²) in [5, 5.41) is 5.78. The van der Waals surface area contributed by atoms with Gasteiger partial charge >= 0.3 is 6.03 Å². The maximum absolute atomic E-state index is 12.3. The highest BCUT2D eigenvalue weighted by molar-refractivity contribution is 5.78. The number of hydrogen-bond donors (Lipinski definition) is 3. The first kappa shape index (κ1) is 19.2. The molecule has 0 aromatic heterocycles. The third kappa shape index (κ3) is 6.05. The lowest BCUT2D eigenvalue weighted by Crippen LogP contribution is -2.45. The Kier molecular flexibility index (Phi) is 7.73. The fourth-order valence-electron chi connectivity index (χ4n) is 3.06. The summed E-state index contributed by atoms with van der Waals surface area (Å²) in [5.41, 5.74) is 8.19. The number of carbonyl (C=O) groups excluding carboxylic acids is 2. The van der Waals surface area contributed by atoms with Crippen LogP contribution >= 0.6 is 0 Å². The molecule has 0 aliphatic carbocycles. The Morgan fingerprint density at radius 3 is 2.76 bits per heavy atom. The number of amides is 3. The first-order valence-electron chi connectivity index (χ1n) is 9.23. The van der Waals surface area contributed by atoms with Crippen LogP contribution in [0, 0.1) is 0 Å². The lowest BCUT2D eigenvalue weighted by atomic mass is 10.0. The molecule has 1 aliphatic heterocycles. The Balaban J connectivity index is 1.69. The highest BCUT2D eigenvalue weighted by Gasteiger charge is 2.20.